The second kappa shape index (κ2) is 11.0. The van der Waals surface area contributed by atoms with Crippen LogP contribution in [0.25, 0.3) is 21.9 Å². The number of urea groups is 1. The highest BCUT2D eigenvalue weighted by Crippen LogP contribution is 2.47. The van der Waals surface area contributed by atoms with Crippen LogP contribution in [0.5, 0.6) is 11.5 Å². The average Bonchev–Trinajstić information content (AvgIpc) is 2.95. The van der Waals surface area contributed by atoms with Crippen LogP contribution in [0.15, 0.2) is 48.5 Å². The molecule has 5 unspecified atom stereocenters. The van der Waals surface area contributed by atoms with E-state index in [2.05, 4.69) is 0 Å². The average molecular weight is 555 g/mol. The van der Waals surface area contributed by atoms with E-state index in [1.807, 2.05) is 30.3 Å². The fourth-order valence-corrected chi connectivity index (χ4v) is 4.79. The summed E-state index contributed by atoms with van der Waals surface area (Å²) in [7, 11) is 1.41. The lowest BCUT2D eigenvalue weighted by atomic mass is 9.90. The highest BCUT2D eigenvalue weighted by molar-refractivity contribution is 6.14. The number of methoxy groups -OCH3 is 1. The van der Waals surface area contributed by atoms with Gasteiger partial charge in [0.15, 0.2) is 11.5 Å². The van der Waals surface area contributed by atoms with E-state index in [9.17, 15) is 29.7 Å². The first kappa shape index (κ1) is 27.1. The number of aliphatic hydroxyl groups is 3. The van der Waals surface area contributed by atoms with Crippen LogP contribution in [-0.2, 0) is 20.8 Å². The van der Waals surface area contributed by atoms with Gasteiger partial charge in [0.25, 0.3) is 0 Å². The van der Waals surface area contributed by atoms with Gasteiger partial charge in [0.2, 0.25) is 6.29 Å². The number of ether oxygens (including phenoxy) is 5. The molecule has 0 spiro atoms. The number of hydrogen-bond donors (Lipinski definition) is 5. The third kappa shape index (κ3) is 4.98. The van der Waals surface area contributed by atoms with E-state index in [1.165, 1.54) is 7.11 Å². The minimum Gasteiger partial charge on any atom is -0.493 e. The van der Waals surface area contributed by atoms with Gasteiger partial charge in [-0.25, -0.2) is 19.7 Å². The Morgan fingerprint density at radius 2 is 1.75 bits per heavy atom. The molecule has 3 aromatic rings. The lowest BCUT2D eigenvalue weighted by Crippen LogP contribution is -2.60. The molecule has 1 saturated heterocycles. The number of cyclic esters (lactones) is 1. The van der Waals surface area contributed by atoms with E-state index in [-0.39, 0.29) is 18.1 Å². The number of nitrogens with one attached hydrogen (secondary N) is 1. The molecule has 0 aromatic heterocycles. The molecular weight excluding hydrogens is 528 g/mol. The first-order valence-electron chi connectivity index (χ1n) is 12.2. The van der Waals surface area contributed by atoms with E-state index >= 15 is 0 Å². The molecule has 6 N–H and O–H groups in total. The van der Waals surface area contributed by atoms with Crippen molar-refractivity contribution in [3.8, 4) is 22.6 Å². The zero-order chi connectivity index (χ0) is 28.6. The fourth-order valence-electron chi connectivity index (χ4n) is 4.79. The summed E-state index contributed by atoms with van der Waals surface area (Å²) in [5.74, 6) is -0.206. The Labute approximate surface area is 226 Å². The number of aliphatic hydroxyl groups excluding tert-OH is 3. The maximum atomic E-state index is 12.6. The van der Waals surface area contributed by atoms with Gasteiger partial charge in [0, 0.05) is 16.3 Å². The van der Waals surface area contributed by atoms with Crippen molar-refractivity contribution in [1.29, 1.82) is 0 Å². The van der Waals surface area contributed by atoms with Crippen LogP contribution in [0.3, 0.4) is 0 Å². The van der Waals surface area contributed by atoms with Gasteiger partial charge >= 0.3 is 18.1 Å². The lowest BCUT2D eigenvalue weighted by molar-refractivity contribution is -0.277. The Morgan fingerprint density at radius 3 is 2.45 bits per heavy atom. The van der Waals surface area contributed by atoms with Crippen LogP contribution >= 0.6 is 0 Å². The minimum atomic E-state index is -1.76. The van der Waals surface area contributed by atoms with E-state index in [0.717, 1.165) is 5.56 Å². The van der Waals surface area contributed by atoms with Gasteiger partial charge in [0.05, 0.1) is 12.7 Å². The second-order valence-corrected chi connectivity index (χ2v) is 9.14. The van der Waals surface area contributed by atoms with Crippen molar-refractivity contribution in [2.24, 2.45) is 5.73 Å². The summed E-state index contributed by atoms with van der Waals surface area (Å²) in [6.07, 6.45) is -9.34. The van der Waals surface area contributed by atoms with Gasteiger partial charge in [-0.2, -0.15) is 0 Å². The molecule has 5 atom stereocenters. The summed E-state index contributed by atoms with van der Waals surface area (Å²) in [5.41, 5.74) is 7.33. The summed E-state index contributed by atoms with van der Waals surface area (Å²) >= 11 is 0. The molecule has 40 heavy (non-hydrogen) atoms. The Balaban J connectivity index is 1.58. The lowest BCUT2D eigenvalue weighted by Gasteiger charge is -2.40. The highest BCUT2D eigenvalue weighted by atomic mass is 16.7. The third-order valence-corrected chi connectivity index (χ3v) is 6.67. The number of hydrogen-bond acceptors (Lipinski definition) is 11. The number of esters is 1. The third-order valence-electron chi connectivity index (χ3n) is 6.67. The van der Waals surface area contributed by atoms with Gasteiger partial charge in [-0.3, -0.25) is 0 Å². The maximum Gasteiger partial charge on any atom is 0.415 e. The van der Waals surface area contributed by atoms with E-state index in [0.29, 0.717) is 27.5 Å². The molecule has 0 saturated carbocycles. The number of amides is 3. The highest BCUT2D eigenvalue weighted by Gasteiger charge is 2.46. The standard InChI is InChI=1S/C27H26N2O11/c1-36-16-9-13-10-37-24(33)15-8-7-14(12-5-3-2-4-6-12)19(18(13)15)23(16)40-25-22(32)21(31)20(30)17(39-25)11-38-27(35)29-26(28)34/h2-9,17,20-22,25,30-32H,10-11H2,1H3,(H3,28,29,34,35). The number of nitrogens with two attached hydrogens (primary N) is 1. The molecule has 0 aliphatic carbocycles. The van der Waals surface area contributed by atoms with Crippen molar-refractivity contribution in [3.63, 3.8) is 0 Å². The topological polar surface area (TPSA) is 196 Å². The summed E-state index contributed by atoms with van der Waals surface area (Å²) in [6.45, 7) is -0.622. The van der Waals surface area contributed by atoms with Gasteiger partial charge in [-0.15, -0.1) is 0 Å². The van der Waals surface area contributed by atoms with Gasteiger partial charge in [-0.05, 0) is 23.3 Å². The van der Waals surface area contributed by atoms with Crippen LogP contribution in [0.4, 0.5) is 9.59 Å². The molecule has 210 valence electrons. The minimum absolute atomic E-state index is 0.00252. The van der Waals surface area contributed by atoms with Crippen molar-refractivity contribution < 1.29 is 53.4 Å². The molecular formula is C27H26N2O11. The normalized spacial score (nSPS) is 23.7. The molecule has 13 heteroatoms. The van der Waals surface area contributed by atoms with Crippen LogP contribution in [0.1, 0.15) is 15.9 Å². The molecule has 0 bridgehead atoms. The summed E-state index contributed by atoms with van der Waals surface area (Å²) in [4.78, 5) is 35.2. The molecule has 0 radical (unpaired) electrons. The Hall–Kier alpha value is -4.43. The molecule has 2 aliphatic heterocycles. The van der Waals surface area contributed by atoms with E-state index < -0.39 is 55.4 Å². The number of primary amides is 1. The van der Waals surface area contributed by atoms with Crippen LogP contribution < -0.4 is 20.5 Å². The van der Waals surface area contributed by atoms with Crippen molar-refractivity contribution >= 4 is 28.9 Å². The molecule has 5 rings (SSSR count). The van der Waals surface area contributed by atoms with Gasteiger partial charge < -0.3 is 44.7 Å². The summed E-state index contributed by atoms with van der Waals surface area (Å²) in [5, 5.41) is 34.4. The van der Waals surface area contributed by atoms with Crippen molar-refractivity contribution in [2.75, 3.05) is 13.7 Å². The number of carbonyl (C=O) groups is 3. The monoisotopic (exact) mass is 554 g/mol. The van der Waals surface area contributed by atoms with Crippen LogP contribution in [-0.4, -0.2) is 77.8 Å². The number of benzene rings is 3. The largest absolute Gasteiger partial charge is 0.493 e. The van der Waals surface area contributed by atoms with Crippen LogP contribution in [0, 0.1) is 0 Å². The zero-order valence-corrected chi connectivity index (χ0v) is 21.1. The zero-order valence-electron chi connectivity index (χ0n) is 21.1. The van der Waals surface area contributed by atoms with Crippen molar-refractivity contribution in [2.45, 2.75) is 37.3 Å². The smallest absolute Gasteiger partial charge is 0.415 e. The fraction of sp³-hybridized carbons (Fsp3) is 0.296. The van der Waals surface area contributed by atoms with Crippen molar-refractivity contribution in [3.05, 3.63) is 59.7 Å². The predicted molar refractivity (Wildman–Crippen MR) is 136 cm³/mol. The van der Waals surface area contributed by atoms with Gasteiger partial charge in [-0.1, -0.05) is 36.4 Å². The van der Waals surface area contributed by atoms with E-state index in [4.69, 9.17) is 29.4 Å². The van der Waals surface area contributed by atoms with E-state index in [1.54, 1.807) is 23.5 Å². The molecule has 3 amide bonds. The van der Waals surface area contributed by atoms with Crippen LogP contribution in [0.2, 0.25) is 0 Å². The Morgan fingerprint density at radius 1 is 1.02 bits per heavy atom. The number of rotatable bonds is 6. The van der Waals surface area contributed by atoms with Crippen molar-refractivity contribution in [1.82, 2.24) is 5.32 Å². The van der Waals surface area contributed by atoms with Gasteiger partial charge in [0.1, 0.15) is 37.6 Å². The second-order valence-electron chi connectivity index (χ2n) is 9.14. The summed E-state index contributed by atoms with van der Waals surface area (Å²) < 4.78 is 27.6. The molecule has 2 aliphatic rings. The SMILES string of the molecule is COc1cc2c3c(ccc(-c4ccccc4)c3c1OC1OC(COC(=O)NC(N)=O)C(O)C(O)C1O)C(=O)OC2. The first-order valence-corrected chi connectivity index (χ1v) is 12.2. The molecule has 2 heterocycles. The number of carbonyl (C=O) groups excluding carboxylic acids is 3. The summed E-state index contributed by atoms with van der Waals surface area (Å²) in [6, 6.07) is 13.2. The first-order chi connectivity index (χ1) is 19.2. The Bertz CT molecular complexity index is 1460. The number of imide groups is 1. The predicted octanol–water partition coefficient (Wildman–Crippen LogP) is 1.18. The Kier molecular flexibility index (Phi) is 7.45. The number of alkyl carbamates (subject to hydrolysis) is 1. The maximum absolute atomic E-state index is 12.6. The molecule has 1 fully saturated rings. The quantitative estimate of drug-likeness (QED) is 0.274. The molecule has 3 aromatic carbocycles. The molecule has 13 nitrogen and oxygen atoms in total.